The second-order valence-corrected chi connectivity index (χ2v) is 4.64. The molecule has 1 aromatic carbocycles. The van der Waals surface area contributed by atoms with E-state index in [1.807, 2.05) is 19.1 Å². The fourth-order valence-electron chi connectivity index (χ4n) is 2.11. The lowest BCUT2D eigenvalue weighted by molar-refractivity contribution is 0.316. The Morgan fingerprint density at radius 1 is 1.28 bits per heavy atom. The molecule has 1 unspecified atom stereocenters. The molecule has 18 heavy (non-hydrogen) atoms. The second kappa shape index (κ2) is 7.98. The van der Waals surface area contributed by atoms with Gasteiger partial charge in [-0.3, -0.25) is 0 Å². The first-order chi connectivity index (χ1) is 8.69. The molecule has 0 heterocycles. The number of nitrogens with two attached hydrogens (primary N) is 1. The summed E-state index contributed by atoms with van der Waals surface area (Å²) in [6.07, 6.45) is 5.07. The molecule has 1 aromatic rings. The van der Waals surface area contributed by atoms with Crippen LogP contribution in [0.2, 0.25) is 0 Å². The molecule has 0 bridgehead atoms. The molecule has 0 aromatic heterocycles. The van der Waals surface area contributed by atoms with E-state index in [4.69, 9.17) is 10.5 Å². The van der Waals surface area contributed by atoms with Gasteiger partial charge in [0.05, 0.1) is 6.61 Å². The van der Waals surface area contributed by atoms with Crippen molar-refractivity contribution >= 4 is 0 Å². The van der Waals surface area contributed by atoms with Crippen molar-refractivity contribution in [1.29, 1.82) is 0 Å². The van der Waals surface area contributed by atoms with Gasteiger partial charge in [0.15, 0.2) is 11.5 Å². The molecule has 3 N–H and O–H groups in total. The smallest absolute Gasteiger partial charge is 0.161 e. The van der Waals surface area contributed by atoms with Crippen LogP contribution in [0, 0.1) is 0 Å². The maximum atomic E-state index is 10.0. The van der Waals surface area contributed by atoms with Crippen LogP contribution in [0.1, 0.15) is 45.1 Å². The van der Waals surface area contributed by atoms with Gasteiger partial charge in [-0.15, -0.1) is 0 Å². The summed E-state index contributed by atoms with van der Waals surface area (Å²) in [5.41, 5.74) is 6.93. The van der Waals surface area contributed by atoms with Gasteiger partial charge in [-0.2, -0.15) is 0 Å². The number of phenols is 1. The van der Waals surface area contributed by atoms with Crippen molar-refractivity contribution in [2.75, 3.05) is 6.61 Å². The fraction of sp³-hybridized carbons (Fsp3) is 0.600. The molecule has 1 atom stereocenters. The van der Waals surface area contributed by atoms with E-state index in [2.05, 4.69) is 6.92 Å². The standard InChI is InChI=1S/C15H25NO2/c1-3-7-13(16)10-5-8-12-9-6-11-14(15(12)17)18-4-2/h6,9,11,13,17H,3-5,7-8,10,16H2,1-2H3. The van der Waals surface area contributed by atoms with Gasteiger partial charge in [-0.25, -0.2) is 0 Å². The summed E-state index contributed by atoms with van der Waals surface area (Å²) in [6, 6.07) is 5.95. The summed E-state index contributed by atoms with van der Waals surface area (Å²) in [4.78, 5) is 0. The summed E-state index contributed by atoms with van der Waals surface area (Å²) in [6.45, 7) is 4.63. The SMILES string of the molecule is CCCC(N)CCCc1cccc(OCC)c1O. The minimum Gasteiger partial charge on any atom is -0.504 e. The van der Waals surface area contributed by atoms with E-state index in [0.29, 0.717) is 12.4 Å². The zero-order chi connectivity index (χ0) is 13.4. The van der Waals surface area contributed by atoms with Gasteiger partial charge < -0.3 is 15.6 Å². The first-order valence-corrected chi connectivity index (χ1v) is 6.88. The molecule has 1 rings (SSSR count). The third-order valence-corrected chi connectivity index (χ3v) is 3.06. The van der Waals surface area contributed by atoms with Crippen LogP contribution in [0.5, 0.6) is 11.5 Å². The van der Waals surface area contributed by atoms with Crippen molar-refractivity contribution < 1.29 is 9.84 Å². The Morgan fingerprint density at radius 2 is 2.06 bits per heavy atom. The zero-order valence-corrected chi connectivity index (χ0v) is 11.5. The molecule has 0 saturated heterocycles. The summed E-state index contributed by atoms with van der Waals surface area (Å²) in [5.74, 6) is 0.858. The Kier molecular flexibility index (Phi) is 6.58. The highest BCUT2D eigenvalue weighted by Crippen LogP contribution is 2.30. The lowest BCUT2D eigenvalue weighted by Gasteiger charge is -2.12. The Labute approximate surface area is 110 Å². The summed E-state index contributed by atoms with van der Waals surface area (Å²) >= 11 is 0. The molecule has 102 valence electrons. The van der Waals surface area contributed by atoms with Crippen molar-refractivity contribution in [3.8, 4) is 11.5 Å². The van der Waals surface area contributed by atoms with Crippen LogP contribution in [0.3, 0.4) is 0 Å². The molecule has 0 amide bonds. The van der Waals surface area contributed by atoms with E-state index in [9.17, 15) is 5.11 Å². The Hall–Kier alpha value is -1.22. The van der Waals surface area contributed by atoms with Crippen molar-refractivity contribution in [2.24, 2.45) is 5.73 Å². The van der Waals surface area contributed by atoms with Gasteiger partial charge in [0.2, 0.25) is 0 Å². The monoisotopic (exact) mass is 251 g/mol. The van der Waals surface area contributed by atoms with Gasteiger partial charge in [-0.1, -0.05) is 25.5 Å². The van der Waals surface area contributed by atoms with Crippen LogP contribution in [0.4, 0.5) is 0 Å². The highest BCUT2D eigenvalue weighted by Gasteiger charge is 2.08. The van der Waals surface area contributed by atoms with Crippen LogP contribution in [-0.2, 0) is 6.42 Å². The number of benzene rings is 1. The number of hydrogen-bond donors (Lipinski definition) is 2. The first kappa shape index (κ1) is 14.8. The van der Waals surface area contributed by atoms with Gasteiger partial charge >= 0.3 is 0 Å². The minimum atomic E-state index is 0.281. The second-order valence-electron chi connectivity index (χ2n) is 4.64. The van der Waals surface area contributed by atoms with E-state index in [1.165, 1.54) is 0 Å². The minimum absolute atomic E-state index is 0.281. The predicted molar refractivity (Wildman–Crippen MR) is 75.1 cm³/mol. The largest absolute Gasteiger partial charge is 0.504 e. The van der Waals surface area contributed by atoms with Crippen molar-refractivity contribution in [3.05, 3.63) is 23.8 Å². The maximum absolute atomic E-state index is 10.0. The third-order valence-electron chi connectivity index (χ3n) is 3.06. The normalized spacial score (nSPS) is 12.4. The average molecular weight is 251 g/mol. The molecule has 0 aliphatic carbocycles. The van der Waals surface area contributed by atoms with E-state index in [1.54, 1.807) is 6.07 Å². The summed E-state index contributed by atoms with van der Waals surface area (Å²) in [5, 5.41) is 10.0. The van der Waals surface area contributed by atoms with Crippen LogP contribution < -0.4 is 10.5 Å². The quantitative estimate of drug-likeness (QED) is 0.745. The molecule has 0 spiro atoms. The average Bonchev–Trinajstić information content (AvgIpc) is 2.34. The Bertz CT molecular complexity index is 352. The van der Waals surface area contributed by atoms with Gasteiger partial charge in [0, 0.05) is 6.04 Å². The predicted octanol–water partition coefficient (Wildman–Crippen LogP) is 3.24. The fourth-order valence-corrected chi connectivity index (χ4v) is 2.11. The van der Waals surface area contributed by atoms with Crippen LogP contribution >= 0.6 is 0 Å². The lowest BCUT2D eigenvalue weighted by atomic mass is 10.0. The molecule has 3 heteroatoms. The number of aryl methyl sites for hydroxylation is 1. The lowest BCUT2D eigenvalue weighted by Crippen LogP contribution is -2.19. The van der Waals surface area contributed by atoms with Crippen LogP contribution in [0.25, 0.3) is 0 Å². The number of ether oxygens (including phenoxy) is 1. The molecule has 0 fully saturated rings. The number of rotatable bonds is 8. The Morgan fingerprint density at radius 3 is 2.72 bits per heavy atom. The molecule has 0 aliphatic rings. The van der Waals surface area contributed by atoms with Crippen molar-refractivity contribution in [3.63, 3.8) is 0 Å². The van der Waals surface area contributed by atoms with Crippen molar-refractivity contribution in [2.45, 2.75) is 52.0 Å². The number of hydrogen-bond acceptors (Lipinski definition) is 3. The first-order valence-electron chi connectivity index (χ1n) is 6.88. The molecular formula is C15H25NO2. The van der Waals surface area contributed by atoms with E-state index in [0.717, 1.165) is 37.7 Å². The molecule has 0 saturated carbocycles. The highest BCUT2D eigenvalue weighted by atomic mass is 16.5. The highest BCUT2D eigenvalue weighted by molar-refractivity contribution is 5.45. The number of phenolic OH excluding ortho intramolecular Hbond substituents is 1. The third kappa shape index (κ3) is 4.57. The van der Waals surface area contributed by atoms with E-state index in [-0.39, 0.29) is 11.8 Å². The Balaban J connectivity index is 2.49. The summed E-state index contributed by atoms with van der Waals surface area (Å²) < 4.78 is 5.37. The van der Waals surface area contributed by atoms with Crippen LogP contribution in [0.15, 0.2) is 18.2 Å². The van der Waals surface area contributed by atoms with Gasteiger partial charge in [-0.05, 0) is 44.2 Å². The van der Waals surface area contributed by atoms with Crippen LogP contribution in [-0.4, -0.2) is 17.8 Å². The maximum Gasteiger partial charge on any atom is 0.161 e. The topological polar surface area (TPSA) is 55.5 Å². The molecule has 0 radical (unpaired) electrons. The summed E-state index contributed by atoms with van der Waals surface area (Å²) in [7, 11) is 0. The number of para-hydroxylation sites is 1. The number of aromatic hydroxyl groups is 1. The van der Waals surface area contributed by atoms with Gasteiger partial charge in [0.25, 0.3) is 0 Å². The van der Waals surface area contributed by atoms with E-state index >= 15 is 0 Å². The van der Waals surface area contributed by atoms with E-state index < -0.39 is 0 Å². The zero-order valence-electron chi connectivity index (χ0n) is 11.5. The molecule has 0 aliphatic heterocycles. The van der Waals surface area contributed by atoms with Crippen molar-refractivity contribution in [1.82, 2.24) is 0 Å². The molecular weight excluding hydrogens is 226 g/mol. The van der Waals surface area contributed by atoms with Gasteiger partial charge in [0.1, 0.15) is 0 Å². The molecule has 3 nitrogen and oxygen atoms in total.